The van der Waals surface area contributed by atoms with Crippen LogP contribution in [0, 0.1) is 0 Å². The molecule has 10 heteroatoms. The first-order valence-electron chi connectivity index (χ1n) is 29.3. The van der Waals surface area contributed by atoms with Crippen LogP contribution in [0.4, 0.5) is 0 Å². The van der Waals surface area contributed by atoms with Crippen LogP contribution < -0.4 is 0 Å². The summed E-state index contributed by atoms with van der Waals surface area (Å²) in [6.07, 6.45) is 76.9. The highest BCUT2D eigenvalue weighted by Gasteiger charge is 2.27. The molecule has 2 unspecified atom stereocenters. The summed E-state index contributed by atoms with van der Waals surface area (Å²) in [4.78, 5) is 35.7. The second-order valence-corrected chi connectivity index (χ2v) is 21.7. The van der Waals surface area contributed by atoms with Crippen LogP contribution in [-0.4, -0.2) is 74.9 Å². The van der Waals surface area contributed by atoms with Crippen molar-refractivity contribution in [1.82, 2.24) is 0 Å². The van der Waals surface area contributed by atoms with Gasteiger partial charge in [0.15, 0.2) is 6.10 Å². The number of hydrogen-bond acceptors (Lipinski definition) is 7. The summed E-state index contributed by atoms with van der Waals surface area (Å²) >= 11 is 0. The Morgan fingerprint density at radius 1 is 0.419 bits per heavy atom. The minimum atomic E-state index is -4.40. The molecule has 422 valence electrons. The molecular weight excluding hydrogens is 942 g/mol. The van der Waals surface area contributed by atoms with Gasteiger partial charge in [0.05, 0.1) is 27.7 Å². The van der Waals surface area contributed by atoms with Crippen molar-refractivity contribution in [3.63, 3.8) is 0 Å². The van der Waals surface area contributed by atoms with Gasteiger partial charge in [0, 0.05) is 12.8 Å². The average molecular weight is 1050 g/mol. The molecule has 1 N–H and O–H groups in total. The van der Waals surface area contributed by atoms with Crippen LogP contribution >= 0.6 is 7.82 Å². The standard InChI is InChI=1S/C64H108NO8P/c1-6-8-10-12-14-16-18-20-22-24-26-28-29-30-31-32-33-34-35-37-39-41-43-45-47-49-51-53-55-57-64(67)73-62(61-72-74(68,69)71-59-58-65(3,4)5)60-70-63(66)56-54-52-50-48-46-44-42-40-38-36-27-25-23-21-19-17-15-13-11-9-7-2/h8-11,14-17,20-23,26-28,30-31,36,40,42,62H,6-7,12-13,18-19,24-25,29,32-35,37-39,41,43-61H2,1-5H3/p+1/b10-8-,11-9-,16-14-,17-15-,22-20-,23-21-,28-26-,31-30-,36-27-,42-40-. The summed E-state index contributed by atoms with van der Waals surface area (Å²) in [5.74, 6) is -0.827. The molecule has 0 rings (SSSR count). The average Bonchev–Trinajstić information content (AvgIpc) is 3.36. The van der Waals surface area contributed by atoms with Crippen LogP contribution in [0.1, 0.15) is 219 Å². The Balaban J connectivity index is 4.20. The number of rotatable bonds is 52. The van der Waals surface area contributed by atoms with Gasteiger partial charge >= 0.3 is 19.8 Å². The number of esters is 2. The van der Waals surface area contributed by atoms with E-state index in [1.807, 2.05) is 21.1 Å². The number of hydrogen-bond donors (Lipinski definition) is 1. The van der Waals surface area contributed by atoms with Crippen molar-refractivity contribution in [1.29, 1.82) is 0 Å². The molecule has 0 heterocycles. The SMILES string of the molecule is CC/C=C\C/C=C\C/C=C\C/C=C\C/C=C\CCCCCCCCCCCCCCCC(=O)OC(COC(=O)CCCCCCC/C=C\C/C=C\C/C=C\C/C=C\C/C=C\CC)COP(=O)(O)OCC[N+](C)(C)C. The van der Waals surface area contributed by atoms with Gasteiger partial charge in [0.2, 0.25) is 0 Å². The Kier molecular flexibility index (Phi) is 51.6. The molecule has 0 radical (unpaired) electrons. The number of ether oxygens (including phenoxy) is 2. The van der Waals surface area contributed by atoms with E-state index < -0.39 is 26.5 Å². The van der Waals surface area contributed by atoms with Crippen LogP contribution in [0.25, 0.3) is 0 Å². The maximum absolute atomic E-state index is 12.8. The van der Waals surface area contributed by atoms with Gasteiger partial charge in [-0.1, -0.05) is 225 Å². The third kappa shape index (κ3) is 57.7. The van der Waals surface area contributed by atoms with Crippen molar-refractivity contribution in [3.8, 4) is 0 Å². The van der Waals surface area contributed by atoms with Gasteiger partial charge in [-0.15, -0.1) is 0 Å². The monoisotopic (exact) mass is 1050 g/mol. The van der Waals surface area contributed by atoms with Crippen molar-refractivity contribution >= 4 is 19.8 Å². The fourth-order valence-electron chi connectivity index (χ4n) is 7.54. The molecule has 2 atom stereocenters. The van der Waals surface area contributed by atoms with Gasteiger partial charge in [0.1, 0.15) is 19.8 Å². The van der Waals surface area contributed by atoms with Gasteiger partial charge < -0.3 is 18.9 Å². The van der Waals surface area contributed by atoms with Gasteiger partial charge in [-0.3, -0.25) is 18.6 Å². The quantitative estimate of drug-likeness (QED) is 0.0211. The van der Waals surface area contributed by atoms with Crippen molar-refractivity contribution in [2.75, 3.05) is 47.5 Å². The number of likely N-dealkylation sites (N-methyl/N-ethyl adjacent to an activating group) is 1. The van der Waals surface area contributed by atoms with Gasteiger partial charge in [0.25, 0.3) is 0 Å². The molecule has 0 amide bonds. The summed E-state index contributed by atoms with van der Waals surface area (Å²) in [6, 6.07) is 0. The number of phosphoric ester groups is 1. The summed E-state index contributed by atoms with van der Waals surface area (Å²) in [5, 5.41) is 0. The Bertz CT molecular complexity index is 1660. The van der Waals surface area contributed by atoms with Crippen LogP contribution in [-0.2, 0) is 32.7 Å². The first kappa shape index (κ1) is 70.4. The molecule has 0 aromatic rings. The van der Waals surface area contributed by atoms with Crippen LogP contribution in [0.5, 0.6) is 0 Å². The summed E-state index contributed by atoms with van der Waals surface area (Å²) in [6.45, 7) is 4.17. The Morgan fingerprint density at radius 3 is 1.08 bits per heavy atom. The van der Waals surface area contributed by atoms with Gasteiger partial charge in [-0.2, -0.15) is 0 Å². The van der Waals surface area contributed by atoms with E-state index in [1.165, 1.54) is 64.2 Å². The van der Waals surface area contributed by atoms with Gasteiger partial charge in [-0.05, 0) is 103 Å². The van der Waals surface area contributed by atoms with E-state index in [0.717, 1.165) is 116 Å². The zero-order valence-corrected chi connectivity index (χ0v) is 48.7. The zero-order chi connectivity index (χ0) is 54.2. The maximum atomic E-state index is 12.8. The van der Waals surface area contributed by atoms with Crippen LogP contribution in [0.3, 0.4) is 0 Å². The largest absolute Gasteiger partial charge is 0.472 e. The molecule has 9 nitrogen and oxygen atoms in total. The molecule has 74 heavy (non-hydrogen) atoms. The minimum Gasteiger partial charge on any atom is -0.462 e. The lowest BCUT2D eigenvalue weighted by atomic mass is 10.0. The maximum Gasteiger partial charge on any atom is 0.472 e. The molecule has 0 saturated heterocycles. The highest BCUT2D eigenvalue weighted by molar-refractivity contribution is 7.47. The van der Waals surface area contributed by atoms with Crippen molar-refractivity contribution in [3.05, 3.63) is 122 Å². The van der Waals surface area contributed by atoms with E-state index in [-0.39, 0.29) is 32.0 Å². The van der Waals surface area contributed by atoms with Gasteiger partial charge in [-0.25, -0.2) is 4.57 Å². The smallest absolute Gasteiger partial charge is 0.462 e. The van der Waals surface area contributed by atoms with E-state index in [4.69, 9.17) is 18.5 Å². The van der Waals surface area contributed by atoms with Crippen LogP contribution in [0.2, 0.25) is 0 Å². The normalized spacial score (nSPS) is 14.2. The predicted octanol–water partition coefficient (Wildman–Crippen LogP) is 18.4. The number of quaternary nitrogens is 1. The highest BCUT2D eigenvalue weighted by Crippen LogP contribution is 2.43. The number of carbonyl (C=O) groups excluding carboxylic acids is 2. The van der Waals surface area contributed by atoms with E-state index in [9.17, 15) is 19.0 Å². The lowest BCUT2D eigenvalue weighted by Gasteiger charge is -2.24. The fraction of sp³-hybridized carbons (Fsp3) is 0.656. The Morgan fingerprint density at radius 2 is 0.730 bits per heavy atom. The summed E-state index contributed by atoms with van der Waals surface area (Å²) in [7, 11) is 1.45. The third-order valence-electron chi connectivity index (χ3n) is 12.0. The Hall–Kier alpha value is -3.59. The highest BCUT2D eigenvalue weighted by atomic mass is 31.2. The first-order valence-corrected chi connectivity index (χ1v) is 30.8. The fourth-order valence-corrected chi connectivity index (χ4v) is 8.28. The molecule has 0 aromatic carbocycles. The lowest BCUT2D eigenvalue weighted by molar-refractivity contribution is -0.870. The molecule has 0 aliphatic rings. The molecule has 0 aliphatic heterocycles. The Labute approximate surface area is 454 Å². The summed E-state index contributed by atoms with van der Waals surface area (Å²) < 4.78 is 34.6. The summed E-state index contributed by atoms with van der Waals surface area (Å²) in [5.41, 5.74) is 0. The topological polar surface area (TPSA) is 108 Å². The molecule has 0 aliphatic carbocycles. The number of allylic oxidation sites excluding steroid dienone is 20. The predicted molar refractivity (Wildman–Crippen MR) is 316 cm³/mol. The second-order valence-electron chi connectivity index (χ2n) is 20.3. The van der Waals surface area contributed by atoms with E-state index in [2.05, 4.69) is 135 Å². The third-order valence-corrected chi connectivity index (χ3v) is 13.0. The number of phosphoric acid groups is 1. The van der Waals surface area contributed by atoms with E-state index in [1.54, 1.807) is 0 Å². The van der Waals surface area contributed by atoms with E-state index >= 15 is 0 Å². The van der Waals surface area contributed by atoms with Crippen LogP contribution in [0.15, 0.2) is 122 Å². The molecule has 0 aromatic heterocycles. The van der Waals surface area contributed by atoms with Crippen molar-refractivity contribution in [2.24, 2.45) is 0 Å². The number of carbonyl (C=O) groups is 2. The number of unbranched alkanes of at least 4 members (excludes halogenated alkanes) is 18. The lowest BCUT2D eigenvalue weighted by Crippen LogP contribution is -2.37. The minimum absolute atomic E-state index is 0.0218. The second kappa shape index (κ2) is 54.2. The van der Waals surface area contributed by atoms with Crippen molar-refractivity contribution < 1.29 is 42.1 Å². The molecule has 0 bridgehead atoms. The number of nitrogens with zero attached hydrogens (tertiary/aromatic N) is 1. The first-order chi connectivity index (χ1) is 36.0. The zero-order valence-electron chi connectivity index (χ0n) is 47.8. The van der Waals surface area contributed by atoms with E-state index in [0.29, 0.717) is 23.9 Å². The molecule has 0 saturated carbocycles. The molecule has 0 fully saturated rings. The molecular formula is C64H109NO8P+. The molecule has 0 spiro atoms. The van der Waals surface area contributed by atoms with Crippen molar-refractivity contribution in [2.45, 2.75) is 225 Å².